The van der Waals surface area contributed by atoms with Crippen molar-refractivity contribution in [2.45, 2.75) is 58.2 Å². The van der Waals surface area contributed by atoms with E-state index in [9.17, 15) is 9.59 Å². The lowest BCUT2D eigenvalue weighted by atomic mass is 9.99. The number of rotatable bonds is 11. The second-order valence-corrected chi connectivity index (χ2v) is 5.91. The van der Waals surface area contributed by atoms with Gasteiger partial charge in [-0.15, -0.1) is 0 Å². The van der Waals surface area contributed by atoms with Crippen molar-refractivity contribution in [3.8, 4) is 0 Å². The first kappa shape index (κ1) is 20.4. The molecule has 5 heteroatoms. The highest BCUT2D eigenvalue weighted by molar-refractivity contribution is 5.81. The Kier molecular flexibility index (Phi) is 8.72. The Morgan fingerprint density at radius 1 is 1.00 bits per heavy atom. The van der Waals surface area contributed by atoms with E-state index in [1.807, 2.05) is 27.7 Å². The summed E-state index contributed by atoms with van der Waals surface area (Å²) in [4.78, 5) is 22.3. The standard InChI is InChI=1S/C17H28O5/c1-7-14(18)20-12-11-17(6,9-3)21-13-10-16(4,5)22-15(19)8-2/h7-8H,1-2,9-13H2,3-6H3. The van der Waals surface area contributed by atoms with Crippen LogP contribution >= 0.6 is 0 Å². The van der Waals surface area contributed by atoms with Gasteiger partial charge in [0.25, 0.3) is 0 Å². The van der Waals surface area contributed by atoms with Crippen LogP contribution in [0.5, 0.6) is 0 Å². The minimum absolute atomic E-state index is 0.282. The third-order valence-corrected chi connectivity index (χ3v) is 3.49. The average Bonchev–Trinajstić information content (AvgIpc) is 2.46. The minimum atomic E-state index is -0.616. The van der Waals surface area contributed by atoms with Crippen LogP contribution < -0.4 is 0 Å². The van der Waals surface area contributed by atoms with Crippen LogP contribution in [0.3, 0.4) is 0 Å². The number of hydrogen-bond acceptors (Lipinski definition) is 5. The molecule has 0 heterocycles. The Bertz CT molecular complexity index is 400. The van der Waals surface area contributed by atoms with Crippen LogP contribution in [-0.2, 0) is 23.8 Å². The molecule has 22 heavy (non-hydrogen) atoms. The maximum atomic E-state index is 11.2. The van der Waals surface area contributed by atoms with E-state index in [1.165, 1.54) is 0 Å². The van der Waals surface area contributed by atoms with Crippen molar-refractivity contribution < 1.29 is 23.8 Å². The lowest BCUT2D eigenvalue weighted by Crippen LogP contribution is -2.34. The largest absolute Gasteiger partial charge is 0.462 e. The van der Waals surface area contributed by atoms with Crippen LogP contribution in [0.2, 0.25) is 0 Å². The van der Waals surface area contributed by atoms with Gasteiger partial charge in [0.1, 0.15) is 5.60 Å². The zero-order chi connectivity index (χ0) is 17.2. The van der Waals surface area contributed by atoms with Crippen LogP contribution in [0.25, 0.3) is 0 Å². The normalized spacial score (nSPS) is 13.8. The molecule has 0 spiro atoms. The van der Waals surface area contributed by atoms with Gasteiger partial charge in [0, 0.05) is 25.0 Å². The number of ether oxygens (including phenoxy) is 3. The lowest BCUT2D eigenvalue weighted by Gasteiger charge is -2.31. The first-order valence-electron chi connectivity index (χ1n) is 7.46. The molecular formula is C17H28O5. The van der Waals surface area contributed by atoms with Crippen LogP contribution in [0.4, 0.5) is 0 Å². The zero-order valence-electron chi connectivity index (χ0n) is 14.1. The van der Waals surface area contributed by atoms with E-state index in [1.54, 1.807) is 0 Å². The van der Waals surface area contributed by atoms with Crippen molar-refractivity contribution in [2.75, 3.05) is 13.2 Å². The lowest BCUT2D eigenvalue weighted by molar-refractivity contribution is -0.153. The van der Waals surface area contributed by atoms with E-state index in [4.69, 9.17) is 14.2 Å². The van der Waals surface area contributed by atoms with Gasteiger partial charge in [0.05, 0.1) is 18.8 Å². The van der Waals surface area contributed by atoms with Gasteiger partial charge in [-0.3, -0.25) is 0 Å². The highest BCUT2D eigenvalue weighted by Crippen LogP contribution is 2.23. The molecule has 0 aliphatic heterocycles. The van der Waals surface area contributed by atoms with E-state index in [0.717, 1.165) is 18.6 Å². The summed E-state index contributed by atoms with van der Waals surface area (Å²) >= 11 is 0. The van der Waals surface area contributed by atoms with Crippen molar-refractivity contribution in [1.29, 1.82) is 0 Å². The smallest absolute Gasteiger partial charge is 0.330 e. The Hall–Kier alpha value is -1.62. The Labute approximate surface area is 133 Å². The second-order valence-electron chi connectivity index (χ2n) is 5.91. The van der Waals surface area contributed by atoms with Crippen molar-refractivity contribution in [2.24, 2.45) is 0 Å². The predicted octanol–water partition coefficient (Wildman–Crippen LogP) is 3.19. The summed E-state index contributed by atoms with van der Waals surface area (Å²) < 4.78 is 16.1. The molecule has 0 saturated heterocycles. The van der Waals surface area contributed by atoms with Crippen molar-refractivity contribution >= 4 is 11.9 Å². The van der Waals surface area contributed by atoms with E-state index in [0.29, 0.717) is 19.4 Å². The van der Waals surface area contributed by atoms with Gasteiger partial charge in [0.2, 0.25) is 0 Å². The Morgan fingerprint density at radius 3 is 2.09 bits per heavy atom. The van der Waals surface area contributed by atoms with Gasteiger partial charge >= 0.3 is 11.9 Å². The summed E-state index contributed by atoms with van der Waals surface area (Å²) in [6.45, 7) is 15.1. The highest BCUT2D eigenvalue weighted by Gasteiger charge is 2.26. The predicted molar refractivity (Wildman–Crippen MR) is 85.4 cm³/mol. The van der Waals surface area contributed by atoms with Crippen molar-refractivity contribution in [3.05, 3.63) is 25.3 Å². The van der Waals surface area contributed by atoms with Gasteiger partial charge in [-0.2, -0.15) is 0 Å². The molecule has 0 radical (unpaired) electrons. The molecule has 0 bridgehead atoms. The monoisotopic (exact) mass is 312 g/mol. The molecule has 0 fully saturated rings. The third-order valence-electron chi connectivity index (χ3n) is 3.49. The third kappa shape index (κ3) is 8.62. The van der Waals surface area contributed by atoms with E-state index < -0.39 is 17.5 Å². The maximum Gasteiger partial charge on any atom is 0.330 e. The molecule has 126 valence electrons. The maximum absolute atomic E-state index is 11.2. The average molecular weight is 312 g/mol. The van der Waals surface area contributed by atoms with Crippen LogP contribution in [0.1, 0.15) is 47.0 Å². The first-order valence-corrected chi connectivity index (χ1v) is 7.46. The molecule has 0 aromatic carbocycles. The summed E-state index contributed by atoms with van der Waals surface area (Å²) in [5.74, 6) is -0.879. The molecular weight excluding hydrogens is 284 g/mol. The molecule has 0 aliphatic carbocycles. The van der Waals surface area contributed by atoms with E-state index in [2.05, 4.69) is 13.2 Å². The van der Waals surface area contributed by atoms with Crippen molar-refractivity contribution in [1.82, 2.24) is 0 Å². The van der Waals surface area contributed by atoms with Gasteiger partial charge in [0.15, 0.2) is 0 Å². The van der Waals surface area contributed by atoms with Crippen LogP contribution in [-0.4, -0.2) is 36.4 Å². The summed E-state index contributed by atoms with van der Waals surface area (Å²) in [5, 5.41) is 0. The topological polar surface area (TPSA) is 61.8 Å². The van der Waals surface area contributed by atoms with Gasteiger partial charge in [-0.1, -0.05) is 20.1 Å². The van der Waals surface area contributed by atoms with Gasteiger partial charge in [-0.25, -0.2) is 9.59 Å². The van der Waals surface area contributed by atoms with Crippen molar-refractivity contribution in [3.63, 3.8) is 0 Å². The Morgan fingerprint density at radius 2 is 1.59 bits per heavy atom. The SMILES string of the molecule is C=CC(=O)OCCC(C)(CC)OCCC(C)(C)OC(=O)C=C. The molecule has 5 nitrogen and oxygen atoms in total. The van der Waals surface area contributed by atoms with E-state index >= 15 is 0 Å². The number of carbonyl (C=O) groups is 2. The second kappa shape index (κ2) is 9.41. The molecule has 0 aromatic heterocycles. The summed E-state index contributed by atoms with van der Waals surface area (Å²) in [6, 6.07) is 0. The summed E-state index contributed by atoms with van der Waals surface area (Å²) in [6.07, 6.45) is 4.23. The minimum Gasteiger partial charge on any atom is -0.462 e. The highest BCUT2D eigenvalue weighted by atomic mass is 16.6. The Balaban J connectivity index is 4.26. The molecule has 1 atom stereocenters. The first-order chi connectivity index (χ1) is 10.2. The van der Waals surface area contributed by atoms with E-state index in [-0.39, 0.29) is 12.2 Å². The molecule has 0 rings (SSSR count). The fourth-order valence-electron chi connectivity index (χ4n) is 1.69. The fraction of sp³-hybridized carbons (Fsp3) is 0.647. The molecule has 0 amide bonds. The summed E-state index contributed by atoms with van der Waals surface area (Å²) in [5.41, 5.74) is -1.00. The van der Waals surface area contributed by atoms with Gasteiger partial charge in [-0.05, 0) is 27.2 Å². The fourth-order valence-corrected chi connectivity index (χ4v) is 1.69. The number of hydrogen-bond donors (Lipinski definition) is 0. The van der Waals surface area contributed by atoms with Crippen LogP contribution in [0.15, 0.2) is 25.3 Å². The quantitative estimate of drug-likeness (QED) is 0.433. The molecule has 0 N–H and O–H groups in total. The number of esters is 2. The number of carbonyl (C=O) groups excluding carboxylic acids is 2. The summed E-state index contributed by atoms with van der Waals surface area (Å²) in [7, 11) is 0. The zero-order valence-corrected chi connectivity index (χ0v) is 14.1. The molecule has 0 saturated carbocycles. The molecule has 1 unspecified atom stereocenters. The molecule has 0 aromatic rings. The van der Waals surface area contributed by atoms with Gasteiger partial charge < -0.3 is 14.2 Å². The molecule has 0 aliphatic rings. The van der Waals surface area contributed by atoms with Crippen LogP contribution in [0, 0.1) is 0 Å².